The smallest absolute Gasteiger partial charge is 0.324 e. The SMILES string of the molecule is CCC1(C(=O)O)CCCN1CC(=O)N1CCCC1. The average Bonchev–Trinajstić information content (AvgIpc) is 2.98. The fourth-order valence-electron chi connectivity index (χ4n) is 3.19. The summed E-state index contributed by atoms with van der Waals surface area (Å²) in [5.41, 5.74) is -0.810. The molecule has 0 aromatic carbocycles. The lowest BCUT2D eigenvalue weighted by Crippen LogP contribution is -2.53. The van der Waals surface area contributed by atoms with Crippen molar-refractivity contribution in [2.75, 3.05) is 26.2 Å². The van der Waals surface area contributed by atoms with E-state index >= 15 is 0 Å². The van der Waals surface area contributed by atoms with E-state index < -0.39 is 11.5 Å². The van der Waals surface area contributed by atoms with Gasteiger partial charge >= 0.3 is 5.97 Å². The van der Waals surface area contributed by atoms with Gasteiger partial charge in [0.05, 0.1) is 6.54 Å². The van der Waals surface area contributed by atoms with E-state index in [0.717, 1.165) is 38.9 Å². The van der Waals surface area contributed by atoms with E-state index in [2.05, 4.69) is 0 Å². The Morgan fingerprint density at radius 3 is 2.39 bits per heavy atom. The van der Waals surface area contributed by atoms with Gasteiger partial charge in [0.15, 0.2) is 0 Å². The largest absolute Gasteiger partial charge is 0.480 e. The Hall–Kier alpha value is -1.10. The van der Waals surface area contributed by atoms with Gasteiger partial charge < -0.3 is 10.0 Å². The highest BCUT2D eigenvalue weighted by atomic mass is 16.4. The molecular formula is C13H22N2O3. The van der Waals surface area contributed by atoms with Crippen LogP contribution in [0.2, 0.25) is 0 Å². The number of likely N-dealkylation sites (tertiary alicyclic amines) is 2. The molecule has 0 radical (unpaired) electrons. The van der Waals surface area contributed by atoms with Gasteiger partial charge in [-0.25, -0.2) is 0 Å². The molecule has 2 rings (SSSR count). The molecule has 2 fully saturated rings. The summed E-state index contributed by atoms with van der Waals surface area (Å²) >= 11 is 0. The second kappa shape index (κ2) is 5.26. The molecule has 102 valence electrons. The summed E-state index contributed by atoms with van der Waals surface area (Å²) in [6.07, 6.45) is 4.24. The molecule has 2 aliphatic rings. The highest BCUT2D eigenvalue weighted by molar-refractivity contribution is 5.82. The fourth-order valence-corrected chi connectivity index (χ4v) is 3.19. The van der Waals surface area contributed by atoms with Crippen molar-refractivity contribution in [2.24, 2.45) is 0 Å². The molecule has 1 atom stereocenters. The highest BCUT2D eigenvalue weighted by Crippen LogP contribution is 2.32. The van der Waals surface area contributed by atoms with E-state index in [1.807, 2.05) is 16.7 Å². The third-order valence-corrected chi connectivity index (χ3v) is 4.39. The summed E-state index contributed by atoms with van der Waals surface area (Å²) in [7, 11) is 0. The first-order valence-electron chi connectivity index (χ1n) is 6.86. The van der Waals surface area contributed by atoms with Crippen LogP contribution in [0.1, 0.15) is 39.0 Å². The third-order valence-electron chi connectivity index (χ3n) is 4.39. The number of hydrogen-bond donors (Lipinski definition) is 1. The lowest BCUT2D eigenvalue weighted by atomic mass is 9.93. The lowest BCUT2D eigenvalue weighted by molar-refractivity contribution is -0.151. The van der Waals surface area contributed by atoms with Crippen LogP contribution in [-0.2, 0) is 9.59 Å². The van der Waals surface area contributed by atoms with Crippen LogP contribution < -0.4 is 0 Å². The van der Waals surface area contributed by atoms with Gasteiger partial charge in [0.2, 0.25) is 5.91 Å². The number of hydrogen-bond acceptors (Lipinski definition) is 3. The van der Waals surface area contributed by atoms with Crippen molar-refractivity contribution in [1.29, 1.82) is 0 Å². The molecule has 2 saturated heterocycles. The molecule has 2 aliphatic heterocycles. The second-order valence-corrected chi connectivity index (χ2v) is 5.30. The summed E-state index contributed by atoms with van der Waals surface area (Å²) in [4.78, 5) is 27.4. The van der Waals surface area contributed by atoms with Gasteiger partial charge in [-0.15, -0.1) is 0 Å². The highest BCUT2D eigenvalue weighted by Gasteiger charge is 2.46. The third kappa shape index (κ3) is 2.23. The molecule has 0 saturated carbocycles. The van der Waals surface area contributed by atoms with Crippen LogP contribution in [-0.4, -0.2) is 58.5 Å². The molecule has 2 heterocycles. The first kappa shape index (κ1) is 13.3. The van der Waals surface area contributed by atoms with Crippen molar-refractivity contribution in [3.8, 4) is 0 Å². The molecule has 1 N–H and O–H groups in total. The molecule has 18 heavy (non-hydrogen) atoms. The molecule has 0 bridgehead atoms. The maximum atomic E-state index is 12.1. The Kier molecular flexibility index (Phi) is 3.90. The van der Waals surface area contributed by atoms with Gasteiger partial charge in [-0.2, -0.15) is 0 Å². The Morgan fingerprint density at radius 1 is 1.17 bits per heavy atom. The molecule has 0 aromatic rings. The van der Waals surface area contributed by atoms with E-state index in [9.17, 15) is 14.7 Å². The lowest BCUT2D eigenvalue weighted by Gasteiger charge is -2.34. The van der Waals surface area contributed by atoms with Gasteiger partial charge in [0.1, 0.15) is 5.54 Å². The second-order valence-electron chi connectivity index (χ2n) is 5.30. The summed E-state index contributed by atoms with van der Waals surface area (Å²) in [6.45, 7) is 4.55. The summed E-state index contributed by atoms with van der Waals surface area (Å²) in [5.74, 6) is -0.690. The Morgan fingerprint density at radius 2 is 1.83 bits per heavy atom. The Labute approximate surface area is 108 Å². The number of carbonyl (C=O) groups excluding carboxylic acids is 1. The van der Waals surface area contributed by atoms with Gasteiger partial charge in [-0.05, 0) is 38.6 Å². The van der Waals surface area contributed by atoms with Crippen molar-refractivity contribution in [2.45, 2.75) is 44.6 Å². The molecule has 0 spiro atoms. The van der Waals surface area contributed by atoms with E-state index in [1.54, 1.807) is 0 Å². The molecular weight excluding hydrogens is 232 g/mol. The molecule has 5 nitrogen and oxygen atoms in total. The van der Waals surface area contributed by atoms with Crippen molar-refractivity contribution in [3.05, 3.63) is 0 Å². The first-order valence-corrected chi connectivity index (χ1v) is 6.86. The van der Waals surface area contributed by atoms with Crippen LogP contribution >= 0.6 is 0 Å². The standard InChI is InChI=1S/C13H22N2O3/c1-2-13(12(17)18)6-5-9-15(13)10-11(16)14-7-3-4-8-14/h2-10H2,1H3,(H,17,18). The summed E-state index contributed by atoms with van der Waals surface area (Å²) in [6, 6.07) is 0. The zero-order valence-corrected chi connectivity index (χ0v) is 11.0. The Bertz CT molecular complexity index is 339. The van der Waals surface area contributed by atoms with Crippen molar-refractivity contribution in [3.63, 3.8) is 0 Å². The van der Waals surface area contributed by atoms with Crippen LogP contribution in [0.15, 0.2) is 0 Å². The number of aliphatic carboxylic acids is 1. The predicted molar refractivity (Wildman–Crippen MR) is 67.3 cm³/mol. The van der Waals surface area contributed by atoms with Gasteiger partial charge in [-0.3, -0.25) is 14.5 Å². The Balaban J connectivity index is 2.03. The minimum Gasteiger partial charge on any atom is -0.480 e. The zero-order chi connectivity index (χ0) is 13.2. The topological polar surface area (TPSA) is 60.9 Å². The van der Waals surface area contributed by atoms with Gasteiger partial charge in [0, 0.05) is 13.1 Å². The minimum atomic E-state index is -0.810. The van der Waals surface area contributed by atoms with Gasteiger partial charge in [-0.1, -0.05) is 6.92 Å². The number of amides is 1. The molecule has 1 amide bonds. The predicted octanol–water partition coefficient (Wildman–Crippen LogP) is 0.938. The molecule has 5 heteroatoms. The van der Waals surface area contributed by atoms with E-state index in [-0.39, 0.29) is 12.5 Å². The number of carboxylic acids is 1. The summed E-state index contributed by atoms with van der Waals surface area (Å²) in [5, 5.41) is 9.45. The van der Waals surface area contributed by atoms with Crippen LogP contribution in [0.3, 0.4) is 0 Å². The maximum Gasteiger partial charge on any atom is 0.324 e. The molecule has 0 aromatic heterocycles. The van der Waals surface area contributed by atoms with Crippen LogP contribution in [0, 0.1) is 0 Å². The number of carboxylic acid groups (broad SMARTS) is 1. The fraction of sp³-hybridized carbons (Fsp3) is 0.846. The van der Waals surface area contributed by atoms with E-state index in [0.29, 0.717) is 12.8 Å². The molecule has 0 aliphatic carbocycles. The monoisotopic (exact) mass is 254 g/mol. The maximum absolute atomic E-state index is 12.1. The molecule has 1 unspecified atom stereocenters. The summed E-state index contributed by atoms with van der Waals surface area (Å²) < 4.78 is 0. The number of rotatable bonds is 4. The zero-order valence-electron chi connectivity index (χ0n) is 11.0. The van der Waals surface area contributed by atoms with Crippen molar-refractivity contribution < 1.29 is 14.7 Å². The average molecular weight is 254 g/mol. The normalized spacial score (nSPS) is 28.8. The van der Waals surface area contributed by atoms with Crippen LogP contribution in [0.25, 0.3) is 0 Å². The van der Waals surface area contributed by atoms with Crippen molar-refractivity contribution >= 4 is 11.9 Å². The van der Waals surface area contributed by atoms with E-state index in [4.69, 9.17) is 0 Å². The quantitative estimate of drug-likeness (QED) is 0.811. The first-order chi connectivity index (χ1) is 8.60. The number of nitrogens with zero attached hydrogens (tertiary/aromatic N) is 2. The van der Waals surface area contributed by atoms with Crippen LogP contribution in [0.5, 0.6) is 0 Å². The van der Waals surface area contributed by atoms with Gasteiger partial charge in [0.25, 0.3) is 0 Å². The van der Waals surface area contributed by atoms with Crippen LogP contribution in [0.4, 0.5) is 0 Å². The minimum absolute atomic E-state index is 0.0912. The number of carbonyl (C=O) groups is 2. The van der Waals surface area contributed by atoms with E-state index in [1.165, 1.54) is 0 Å². The van der Waals surface area contributed by atoms with Crippen molar-refractivity contribution in [1.82, 2.24) is 9.80 Å².